The zero-order chi connectivity index (χ0) is 14.1. The number of hydroxylamine groups is 2. The summed E-state index contributed by atoms with van der Waals surface area (Å²) in [6, 6.07) is -0.906. The molecule has 7 nitrogen and oxygen atoms in total. The lowest BCUT2D eigenvalue weighted by Crippen LogP contribution is -2.40. The first-order valence-corrected chi connectivity index (χ1v) is 6.31. The molecule has 106 valence electrons. The summed E-state index contributed by atoms with van der Waals surface area (Å²) in [6.45, 7) is 4.12. The van der Waals surface area contributed by atoms with E-state index in [9.17, 15) is 9.90 Å². The number of hydrogen-bond acceptors (Lipinski definition) is 5. The Labute approximate surface area is 115 Å². The molecule has 2 aliphatic rings. The molecule has 1 fully saturated rings. The van der Waals surface area contributed by atoms with Gasteiger partial charge in [0.25, 0.3) is 0 Å². The maximum atomic E-state index is 12.3. The van der Waals surface area contributed by atoms with E-state index in [2.05, 4.69) is 11.6 Å². The van der Waals surface area contributed by atoms with Gasteiger partial charge in [-0.1, -0.05) is 12.2 Å². The van der Waals surface area contributed by atoms with Gasteiger partial charge in [0.05, 0.1) is 32.0 Å². The number of aliphatic hydroxyl groups excluding tert-OH is 1. The summed E-state index contributed by atoms with van der Waals surface area (Å²) in [5, 5.41) is 10.8. The Hall–Kier alpha value is -2.12. The zero-order valence-electron chi connectivity index (χ0n) is 10.8. The molecule has 1 aromatic heterocycles. The van der Waals surface area contributed by atoms with Gasteiger partial charge >= 0.3 is 6.03 Å². The average molecular weight is 277 g/mol. The van der Waals surface area contributed by atoms with Crippen molar-refractivity contribution in [2.45, 2.75) is 12.1 Å². The smallest absolute Gasteiger partial charge is 0.345 e. The Morgan fingerprint density at radius 3 is 3.15 bits per heavy atom. The minimum Gasteiger partial charge on any atom is -0.444 e. The number of oxazole rings is 1. The molecular formula is C13H15N3O4. The molecule has 1 saturated heterocycles. The summed E-state index contributed by atoms with van der Waals surface area (Å²) in [6.07, 6.45) is 6.32. The van der Waals surface area contributed by atoms with E-state index in [0.717, 1.165) is 5.57 Å². The van der Waals surface area contributed by atoms with Crippen molar-refractivity contribution in [2.24, 2.45) is 0 Å². The van der Waals surface area contributed by atoms with Gasteiger partial charge in [-0.05, 0) is 0 Å². The van der Waals surface area contributed by atoms with Crippen LogP contribution in [0.1, 0.15) is 5.76 Å². The lowest BCUT2D eigenvalue weighted by Gasteiger charge is -2.27. The number of hydrogen-bond donors (Lipinski definition) is 1. The van der Waals surface area contributed by atoms with Gasteiger partial charge in [-0.15, -0.1) is 6.58 Å². The van der Waals surface area contributed by atoms with Crippen LogP contribution in [0.2, 0.25) is 0 Å². The van der Waals surface area contributed by atoms with E-state index in [1.165, 1.54) is 11.5 Å². The third-order valence-electron chi connectivity index (χ3n) is 3.45. The maximum Gasteiger partial charge on any atom is 0.345 e. The molecule has 2 unspecified atom stereocenters. The van der Waals surface area contributed by atoms with E-state index in [-0.39, 0.29) is 31.3 Å². The molecule has 3 rings (SSSR count). The van der Waals surface area contributed by atoms with Crippen molar-refractivity contribution in [1.82, 2.24) is 14.9 Å². The molecule has 2 amide bonds. The van der Waals surface area contributed by atoms with Gasteiger partial charge in [0, 0.05) is 5.57 Å². The second-order valence-electron chi connectivity index (χ2n) is 4.60. The number of carbonyl (C=O) groups is 1. The van der Waals surface area contributed by atoms with Crippen molar-refractivity contribution in [3.63, 3.8) is 0 Å². The lowest BCUT2D eigenvalue weighted by molar-refractivity contribution is -0.106. The highest BCUT2D eigenvalue weighted by atomic mass is 16.7. The number of aromatic nitrogens is 1. The Morgan fingerprint density at radius 1 is 1.65 bits per heavy atom. The molecule has 2 aliphatic heterocycles. The van der Waals surface area contributed by atoms with Crippen LogP contribution < -0.4 is 0 Å². The predicted octanol–water partition coefficient (Wildman–Crippen LogP) is 0.656. The maximum absolute atomic E-state index is 12.3. The highest BCUT2D eigenvalue weighted by molar-refractivity contribution is 5.84. The van der Waals surface area contributed by atoms with E-state index >= 15 is 0 Å². The first-order valence-electron chi connectivity index (χ1n) is 6.31. The normalized spacial score (nSPS) is 25.1. The van der Waals surface area contributed by atoms with Crippen LogP contribution in [0.4, 0.5) is 4.79 Å². The van der Waals surface area contributed by atoms with Crippen molar-refractivity contribution < 1.29 is 19.2 Å². The number of fused-ring (bicyclic) bond motifs is 2. The minimum absolute atomic E-state index is 0.147. The van der Waals surface area contributed by atoms with Crippen molar-refractivity contribution in [1.29, 1.82) is 0 Å². The van der Waals surface area contributed by atoms with Crippen LogP contribution in [0.3, 0.4) is 0 Å². The molecule has 3 heterocycles. The predicted molar refractivity (Wildman–Crippen MR) is 69.2 cm³/mol. The van der Waals surface area contributed by atoms with Crippen molar-refractivity contribution in [3.05, 3.63) is 37.1 Å². The molecule has 1 N–H and O–H groups in total. The first-order chi connectivity index (χ1) is 9.76. The average Bonchev–Trinajstić information content (AvgIpc) is 3.08. The summed E-state index contributed by atoms with van der Waals surface area (Å²) in [5.74, 6) is 0.579. The van der Waals surface area contributed by atoms with E-state index in [1.807, 2.05) is 6.08 Å². The Bertz CT molecular complexity index is 540. The molecule has 0 spiro atoms. The van der Waals surface area contributed by atoms with Crippen LogP contribution in [0.5, 0.6) is 0 Å². The van der Waals surface area contributed by atoms with Gasteiger partial charge in [-0.25, -0.2) is 9.78 Å². The van der Waals surface area contributed by atoms with Crippen LogP contribution in [-0.4, -0.2) is 57.9 Å². The van der Waals surface area contributed by atoms with Crippen LogP contribution in [0.15, 0.2) is 35.7 Å². The number of carbonyl (C=O) groups excluding carboxylic acids is 1. The second kappa shape index (κ2) is 5.10. The highest BCUT2D eigenvalue weighted by Crippen LogP contribution is 2.35. The topological polar surface area (TPSA) is 79.0 Å². The number of rotatable bonds is 5. The molecule has 20 heavy (non-hydrogen) atoms. The monoisotopic (exact) mass is 277 g/mol. The number of amides is 2. The fourth-order valence-corrected chi connectivity index (χ4v) is 2.54. The molecule has 0 saturated carbocycles. The summed E-state index contributed by atoms with van der Waals surface area (Å²) in [5.41, 5.74) is 0.799. The second-order valence-corrected chi connectivity index (χ2v) is 4.60. The third-order valence-corrected chi connectivity index (χ3v) is 3.45. The SMILES string of the molecule is C=CCON1C(=O)N2CC1C(c1cnco1)=CC2CO. The zero-order valence-corrected chi connectivity index (χ0v) is 10.8. The fraction of sp³-hybridized carbons (Fsp3) is 0.385. The van der Waals surface area contributed by atoms with Gasteiger partial charge in [0.1, 0.15) is 6.04 Å². The standard InChI is InChI=1S/C13H15N3O4/c1-2-3-20-16-11-6-15(13(16)18)9(7-17)4-10(11)12-5-14-8-19-12/h2,4-5,8-9,11,17H,1,3,6-7H2. The van der Waals surface area contributed by atoms with E-state index in [1.54, 1.807) is 17.2 Å². The minimum atomic E-state index is -0.379. The Morgan fingerprint density at radius 2 is 2.50 bits per heavy atom. The molecule has 0 aliphatic carbocycles. The molecular weight excluding hydrogens is 262 g/mol. The summed E-state index contributed by atoms with van der Waals surface area (Å²) in [7, 11) is 0. The molecule has 0 radical (unpaired) electrons. The molecule has 2 bridgehead atoms. The summed E-state index contributed by atoms with van der Waals surface area (Å²) in [4.78, 5) is 23.2. The van der Waals surface area contributed by atoms with Crippen LogP contribution in [-0.2, 0) is 4.84 Å². The molecule has 7 heteroatoms. The van der Waals surface area contributed by atoms with Crippen molar-refractivity contribution >= 4 is 11.6 Å². The van der Waals surface area contributed by atoms with E-state index in [4.69, 9.17) is 9.25 Å². The van der Waals surface area contributed by atoms with E-state index in [0.29, 0.717) is 12.3 Å². The highest BCUT2D eigenvalue weighted by Gasteiger charge is 2.47. The first kappa shape index (κ1) is 12.9. The van der Waals surface area contributed by atoms with Gasteiger partial charge in [-0.2, -0.15) is 5.06 Å². The van der Waals surface area contributed by atoms with Crippen molar-refractivity contribution in [2.75, 3.05) is 19.8 Å². The Balaban J connectivity index is 1.95. The largest absolute Gasteiger partial charge is 0.444 e. The molecule has 0 aromatic carbocycles. The van der Waals surface area contributed by atoms with Gasteiger partial charge in [0.2, 0.25) is 0 Å². The summed E-state index contributed by atoms with van der Waals surface area (Å²) >= 11 is 0. The lowest BCUT2D eigenvalue weighted by atomic mass is 9.98. The number of urea groups is 1. The third kappa shape index (κ3) is 1.91. The summed E-state index contributed by atoms with van der Waals surface area (Å²) < 4.78 is 5.31. The van der Waals surface area contributed by atoms with Crippen LogP contribution >= 0.6 is 0 Å². The van der Waals surface area contributed by atoms with Crippen molar-refractivity contribution in [3.8, 4) is 0 Å². The van der Waals surface area contributed by atoms with E-state index < -0.39 is 0 Å². The van der Waals surface area contributed by atoms with Crippen LogP contribution in [0, 0.1) is 0 Å². The molecule has 1 aromatic rings. The quantitative estimate of drug-likeness (QED) is 0.800. The van der Waals surface area contributed by atoms with Crippen LogP contribution in [0.25, 0.3) is 5.57 Å². The van der Waals surface area contributed by atoms with Gasteiger partial charge < -0.3 is 14.4 Å². The van der Waals surface area contributed by atoms with Gasteiger partial charge in [0.15, 0.2) is 12.2 Å². The number of nitrogens with zero attached hydrogens (tertiary/aromatic N) is 3. The molecule has 2 atom stereocenters. The number of aliphatic hydroxyl groups is 1. The fourth-order valence-electron chi connectivity index (χ4n) is 2.54. The van der Waals surface area contributed by atoms with Gasteiger partial charge in [-0.3, -0.25) is 4.84 Å². The Kier molecular flexibility index (Phi) is 3.29.